The van der Waals surface area contributed by atoms with Gasteiger partial charge in [-0.2, -0.15) is 0 Å². The number of anilines is 2. The maximum absolute atomic E-state index is 12.1. The second-order valence-electron chi connectivity index (χ2n) is 5.71. The Morgan fingerprint density at radius 1 is 1.35 bits per heavy atom. The molecule has 0 unspecified atom stereocenters. The van der Waals surface area contributed by atoms with E-state index in [2.05, 4.69) is 5.32 Å². The number of benzene rings is 1. The number of nitrogens with two attached hydrogens (primary N) is 1. The van der Waals surface area contributed by atoms with Crippen molar-refractivity contribution in [2.24, 2.45) is 5.41 Å². The van der Waals surface area contributed by atoms with Crippen LogP contribution in [0.1, 0.15) is 13.8 Å². The zero-order valence-electron chi connectivity index (χ0n) is 12.3. The minimum atomic E-state index is -3.49. The van der Waals surface area contributed by atoms with E-state index in [4.69, 9.17) is 5.73 Å². The number of hydrogen-bond acceptors (Lipinski definition) is 5. The van der Waals surface area contributed by atoms with Crippen LogP contribution >= 0.6 is 0 Å². The highest BCUT2D eigenvalue weighted by atomic mass is 32.2. The van der Waals surface area contributed by atoms with Crippen molar-refractivity contribution in [3.05, 3.63) is 18.2 Å². The lowest BCUT2D eigenvalue weighted by Gasteiger charge is -2.23. The van der Waals surface area contributed by atoms with E-state index in [1.165, 1.54) is 26.2 Å². The van der Waals surface area contributed by atoms with Gasteiger partial charge < -0.3 is 16.2 Å². The Hall–Kier alpha value is -1.31. The Kier molecular flexibility index (Phi) is 5.01. The van der Waals surface area contributed by atoms with Gasteiger partial charge in [0.05, 0.1) is 16.3 Å². The van der Waals surface area contributed by atoms with E-state index in [-0.39, 0.29) is 16.9 Å². The van der Waals surface area contributed by atoms with Crippen LogP contribution in [-0.2, 0) is 10.0 Å². The van der Waals surface area contributed by atoms with Crippen LogP contribution in [0.25, 0.3) is 0 Å². The number of nitrogen functional groups attached to an aromatic ring is 1. The summed E-state index contributed by atoms with van der Waals surface area (Å²) < 4.78 is 25.3. The maximum Gasteiger partial charge on any atom is 0.242 e. The van der Waals surface area contributed by atoms with E-state index in [1.807, 2.05) is 13.8 Å². The van der Waals surface area contributed by atoms with Gasteiger partial charge in [-0.1, -0.05) is 13.8 Å². The van der Waals surface area contributed by atoms with Gasteiger partial charge in [-0.15, -0.1) is 0 Å². The van der Waals surface area contributed by atoms with Crippen molar-refractivity contribution in [2.45, 2.75) is 18.7 Å². The fourth-order valence-electron chi connectivity index (χ4n) is 1.45. The van der Waals surface area contributed by atoms with Gasteiger partial charge in [0.25, 0.3) is 0 Å². The first-order chi connectivity index (χ1) is 9.10. The predicted molar refractivity (Wildman–Crippen MR) is 81.1 cm³/mol. The summed E-state index contributed by atoms with van der Waals surface area (Å²) in [5.74, 6) is 0. The molecule has 0 atom stereocenters. The summed E-state index contributed by atoms with van der Waals surface area (Å²) in [6, 6.07) is 4.55. The summed E-state index contributed by atoms with van der Waals surface area (Å²) >= 11 is 0. The van der Waals surface area contributed by atoms with Crippen LogP contribution in [0, 0.1) is 5.41 Å². The number of aliphatic hydroxyl groups is 1. The largest absolute Gasteiger partial charge is 0.397 e. The Balaban J connectivity index is 3.05. The smallest absolute Gasteiger partial charge is 0.242 e. The van der Waals surface area contributed by atoms with Crippen molar-refractivity contribution >= 4 is 21.4 Å². The third kappa shape index (κ3) is 3.84. The standard InChI is InChI=1S/C13H23N3O3S/c1-13(2,9-17)8-15-12-7-10(5-6-11(12)14)20(18,19)16(3)4/h5-7,15,17H,8-9,14H2,1-4H3. The van der Waals surface area contributed by atoms with Crippen LogP contribution in [0.3, 0.4) is 0 Å². The van der Waals surface area contributed by atoms with Crippen LogP contribution in [0.15, 0.2) is 23.1 Å². The molecular formula is C13H23N3O3S. The summed E-state index contributed by atoms with van der Waals surface area (Å²) in [5.41, 5.74) is 6.55. The Bertz CT molecular complexity index is 568. The Labute approximate surface area is 120 Å². The summed E-state index contributed by atoms with van der Waals surface area (Å²) in [6.07, 6.45) is 0. The van der Waals surface area contributed by atoms with Crippen molar-refractivity contribution in [3.63, 3.8) is 0 Å². The molecule has 0 aliphatic rings. The van der Waals surface area contributed by atoms with Crippen molar-refractivity contribution in [1.82, 2.24) is 4.31 Å². The molecule has 0 aliphatic carbocycles. The number of aliphatic hydroxyl groups excluding tert-OH is 1. The molecule has 1 aromatic carbocycles. The molecule has 114 valence electrons. The van der Waals surface area contributed by atoms with Gasteiger partial charge in [0.2, 0.25) is 10.0 Å². The molecule has 0 bridgehead atoms. The topological polar surface area (TPSA) is 95.7 Å². The van der Waals surface area contributed by atoms with Crippen LogP contribution in [0.2, 0.25) is 0 Å². The molecule has 6 nitrogen and oxygen atoms in total. The molecule has 4 N–H and O–H groups in total. The monoisotopic (exact) mass is 301 g/mol. The lowest BCUT2D eigenvalue weighted by atomic mass is 9.95. The molecule has 1 aromatic rings. The second-order valence-corrected chi connectivity index (χ2v) is 7.86. The van der Waals surface area contributed by atoms with Gasteiger partial charge in [-0.05, 0) is 18.2 Å². The molecule has 1 rings (SSSR count). The van der Waals surface area contributed by atoms with Gasteiger partial charge in [0, 0.05) is 32.7 Å². The highest BCUT2D eigenvalue weighted by molar-refractivity contribution is 7.89. The predicted octanol–water partition coefficient (Wildman–Crippen LogP) is 0.949. The molecule has 0 saturated carbocycles. The van der Waals surface area contributed by atoms with E-state index < -0.39 is 10.0 Å². The molecule has 20 heavy (non-hydrogen) atoms. The highest BCUT2D eigenvalue weighted by Gasteiger charge is 2.20. The van der Waals surface area contributed by atoms with Crippen molar-refractivity contribution in [2.75, 3.05) is 38.3 Å². The first-order valence-electron chi connectivity index (χ1n) is 6.27. The van der Waals surface area contributed by atoms with E-state index >= 15 is 0 Å². The van der Waals surface area contributed by atoms with Crippen LogP contribution in [0.4, 0.5) is 11.4 Å². The number of rotatable bonds is 6. The van der Waals surface area contributed by atoms with Crippen molar-refractivity contribution in [1.29, 1.82) is 0 Å². The first kappa shape index (κ1) is 16.7. The molecule has 0 heterocycles. The lowest BCUT2D eigenvalue weighted by molar-refractivity contribution is 0.171. The summed E-state index contributed by atoms with van der Waals surface area (Å²) in [6.45, 7) is 4.31. The molecule has 0 saturated heterocycles. The average Bonchev–Trinajstić information content (AvgIpc) is 2.37. The fourth-order valence-corrected chi connectivity index (χ4v) is 2.38. The van der Waals surface area contributed by atoms with Gasteiger partial charge in [-0.3, -0.25) is 0 Å². The van der Waals surface area contributed by atoms with E-state index in [0.29, 0.717) is 17.9 Å². The molecule has 0 radical (unpaired) electrons. The lowest BCUT2D eigenvalue weighted by Crippen LogP contribution is -2.27. The molecule has 0 spiro atoms. The van der Waals surface area contributed by atoms with E-state index in [1.54, 1.807) is 6.07 Å². The van der Waals surface area contributed by atoms with Crippen LogP contribution < -0.4 is 11.1 Å². The van der Waals surface area contributed by atoms with Gasteiger partial charge in [-0.25, -0.2) is 12.7 Å². The number of hydrogen-bond donors (Lipinski definition) is 3. The number of nitrogens with zero attached hydrogens (tertiary/aromatic N) is 1. The minimum Gasteiger partial charge on any atom is -0.397 e. The van der Waals surface area contributed by atoms with E-state index in [9.17, 15) is 13.5 Å². The summed E-state index contributed by atoms with van der Waals surface area (Å²) in [4.78, 5) is 0.181. The Morgan fingerprint density at radius 2 is 1.95 bits per heavy atom. The molecule has 0 aliphatic heterocycles. The highest BCUT2D eigenvalue weighted by Crippen LogP contribution is 2.25. The van der Waals surface area contributed by atoms with Gasteiger partial charge in [0.1, 0.15) is 0 Å². The first-order valence-corrected chi connectivity index (χ1v) is 7.71. The quantitative estimate of drug-likeness (QED) is 0.680. The summed E-state index contributed by atoms with van der Waals surface area (Å²) in [7, 11) is -0.527. The zero-order chi connectivity index (χ0) is 15.6. The average molecular weight is 301 g/mol. The maximum atomic E-state index is 12.1. The van der Waals surface area contributed by atoms with Gasteiger partial charge in [0.15, 0.2) is 0 Å². The number of nitrogens with one attached hydrogen (secondary N) is 1. The van der Waals surface area contributed by atoms with Crippen LogP contribution in [-0.4, -0.2) is 45.1 Å². The van der Waals surface area contributed by atoms with Gasteiger partial charge >= 0.3 is 0 Å². The minimum absolute atomic E-state index is 0.0234. The molecule has 0 fully saturated rings. The molecule has 7 heteroatoms. The Morgan fingerprint density at radius 3 is 2.45 bits per heavy atom. The van der Waals surface area contributed by atoms with Crippen molar-refractivity contribution < 1.29 is 13.5 Å². The zero-order valence-corrected chi connectivity index (χ0v) is 13.2. The third-order valence-corrected chi connectivity index (χ3v) is 4.80. The third-order valence-electron chi connectivity index (χ3n) is 2.99. The normalized spacial score (nSPS) is 12.7. The number of sulfonamides is 1. The van der Waals surface area contributed by atoms with E-state index in [0.717, 1.165) is 4.31 Å². The SMILES string of the molecule is CN(C)S(=O)(=O)c1ccc(N)c(NCC(C)(C)CO)c1. The fraction of sp³-hybridized carbons (Fsp3) is 0.538. The van der Waals surface area contributed by atoms with Crippen LogP contribution in [0.5, 0.6) is 0 Å². The molecule has 0 aromatic heterocycles. The van der Waals surface area contributed by atoms with Crippen molar-refractivity contribution in [3.8, 4) is 0 Å². The second kappa shape index (κ2) is 5.99. The molecule has 0 amide bonds. The molecular weight excluding hydrogens is 278 g/mol. The summed E-state index contributed by atoms with van der Waals surface area (Å²) in [5, 5.41) is 12.3.